The Hall–Kier alpha value is -1.94. The topological polar surface area (TPSA) is 37.0 Å². The summed E-state index contributed by atoms with van der Waals surface area (Å²) in [6, 6.07) is 12.2. The summed E-state index contributed by atoms with van der Waals surface area (Å²) in [7, 11) is 0. The third kappa shape index (κ3) is 4.63. The Labute approximate surface area is 125 Å². The number of nitrogens with one attached hydrogen (secondary N) is 2. The smallest absolute Gasteiger partial charge is 0.175 e. The molecule has 2 N–H and O–H groups in total. The van der Waals surface area contributed by atoms with Crippen molar-refractivity contribution < 1.29 is 0 Å². The summed E-state index contributed by atoms with van der Waals surface area (Å²) in [6.45, 7) is 2.21. The molecule has 0 bridgehead atoms. The highest BCUT2D eigenvalue weighted by atomic mass is 32.1. The zero-order valence-electron chi connectivity index (χ0n) is 11.6. The van der Waals surface area contributed by atoms with E-state index in [9.17, 15) is 0 Å². The van der Waals surface area contributed by atoms with Crippen LogP contribution in [-0.4, -0.2) is 10.1 Å². The lowest BCUT2D eigenvalue weighted by Gasteiger charge is -2.10. The Morgan fingerprint density at radius 1 is 1.00 bits per heavy atom. The SMILES string of the molecule is CCCCc1ccc(NC(=S)Nc2ccncc2)cc1. The van der Waals surface area contributed by atoms with E-state index in [0.717, 1.165) is 17.8 Å². The van der Waals surface area contributed by atoms with Gasteiger partial charge in [0.15, 0.2) is 5.11 Å². The number of nitrogens with zero attached hydrogens (tertiary/aromatic N) is 1. The molecule has 1 heterocycles. The Balaban J connectivity index is 1.88. The first-order valence-corrected chi connectivity index (χ1v) is 7.25. The summed E-state index contributed by atoms with van der Waals surface area (Å²) in [4.78, 5) is 3.97. The summed E-state index contributed by atoms with van der Waals surface area (Å²) in [6.07, 6.45) is 7.05. The Bertz CT molecular complexity index is 537. The number of unbranched alkanes of at least 4 members (excludes halogenated alkanes) is 1. The van der Waals surface area contributed by atoms with Gasteiger partial charge in [-0.3, -0.25) is 4.98 Å². The molecule has 0 radical (unpaired) electrons. The number of rotatable bonds is 5. The van der Waals surface area contributed by atoms with Crippen LogP contribution in [0, 0.1) is 0 Å². The van der Waals surface area contributed by atoms with E-state index in [2.05, 4.69) is 46.8 Å². The predicted octanol–water partition coefficient (Wildman–Crippen LogP) is 4.23. The molecule has 20 heavy (non-hydrogen) atoms. The third-order valence-corrected chi connectivity index (χ3v) is 3.17. The van der Waals surface area contributed by atoms with Gasteiger partial charge in [0.2, 0.25) is 0 Å². The van der Waals surface area contributed by atoms with Gasteiger partial charge in [-0.2, -0.15) is 0 Å². The summed E-state index contributed by atoms with van der Waals surface area (Å²) >= 11 is 5.28. The second-order valence-corrected chi connectivity index (χ2v) is 5.02. The summed E-state index contributed by atoms with van der Waals surface area (Å²) < 4.78 is 0. The fourth-order valence-corrected chi connectivity index (χ4v) is 2.10. The highest BCUT2D eigenvalue weighted by Crippen LogP contribution is 2.12. The van der Waals surface area contributed by atoms with Crippen molar-refractivity contribution in [2.45, 2.75) is 26.2 Å². The van der Waals surface area contributed by atoms with E-state index >= 15 is 0 Å². The van der Waals surface area contributed by atoms with Gasteiger partial charge < -0.3 is 10.6 Å². The third-order valence-electron chi connectivity index (χ3n) is 2.97. The van der Waals surface area contributed by atoms with Crippen LogP contribution in [0.3, 0.4) is 0 Å². The lowest BCUT2D eigenvalue weighted by Crippen LogP contribution is -2.18. The van der Waals surface area contributed by atoms with Crippen molar-refractivity contribution >= 4 is 28.7 Å². The maximum Gasteiger partial charge on any atom is 0.175 e. The zero-order chi connectivity index (χ0) is 14.2. The van der Waals surface area contributed by atoms with Crippen LogP contribution in [0.1, 0.15) is 25.3 Å². The van der Waals surface area contributed by atoms with Gasteiger partial charge in [0.05, 0.1) is 0 Å². The number of benzene rings is 1. The summed E-state index contributed by atoms with van der Waals surface area (Å²) in [5.74, 6) is 0. The molecule has 0 atom stereocenters. The first-order valence-electron chi connectivity index (χ1n) is 6.85. The highest BCUT2D eigenvalue weighted by molar-refractivity contribution is 7.80. The zero-order valence-corrected chi connectivity index (χ0v) is 12.4. The molecule has 2 rings (SSSR count). The van der Waals surface area contributed by atoms with Gasteiger partial charge in [0.25, 0.3) is 0 Å². The average Bonchev–Trinajstić information content (AvgIpc) is 2.47. The summed E-state index contributed by atoms with van der Waals surface area (Å²) in [5, 5.41) is 6.87. The number of aryl methyl sites for hydroxylation is 1. The molecule has 0 fully saturated rings. The standard InChI is InChI=1S/C16H19N3S/c1-2-3-4-13-5-7-14(8-6-13)18-16(20)19-15-9-11-17-12-10-15/h5-12H,2-4H2,1H3,(H2,17,18,19,20). The largest absolute Gasteiger partial charge is 0.332 e. The second-order valence-electron chi connectivity index (χ2n) is 4.62. The van der Waals surface area contributed by atoms with Crippen molar-refractivity contribution in [2.75, 3.05) is 10.6 Å². The normalized spacial score (nSPS) is 10.1. The van der Waals surface area contributed by atoms with E-state index < -0.39 is 0 Å². The lowest BCUT2D eigenvalue weighted by atomic mass is 10.1. The van der Waals surface area contributed by atoms with Crippen molar-refractivity contribution in [3.8, 4) is 0 Å². The number of anilines is 2. The van der Waals surface area contributed by atoms with Gasteiger partial charge in [0, 0.05) is 23.8 Å². The molecular weight excluding hydrogens is 266 g/mol. The van der Waals surface area contributed by atoms with Crippen molar-refractivity contribution in [1.29, 1.82) is 0 Å². The molecule has 1 aromatic heterocycles. The Morgan fingerprint density at radius 2 is 1.60 bits per heavy atom. The van der Waals surface area contributed by atoms with Gasteiger partial charge >= 0.3 is 0 Å². The maximum absolute atomic E-state index is 5.28. The van der Waals surface area contributed by atoms with E-state index in [1.165, 1.54) is 18.4 Å². The maximum atomic E-state index is 5.28. The molecule has 0 saturated carbocycles. The average molecular weight is 285 g/mol. The van der Waals surface area contributed by atoms with E-state index in [1.54, 1.807) is 12.4 Å². The lowest BCUT2D eigenvalue weighted by molar-refractivity contribution is 0.795. The number of aromatic nitrogens is 1. The van der Waals surface area contributed by atoms with Crippen molar-refractivity contribution in [3.05, 3.63) is 54.4 Å². The van der Waals surface area contributed by atoms with Crippen LogP contribution in [0.2, 0.25) is 0 Å². The molecular formula is C16H19N3S. The fraction of sp³-hybridized carbons (Fsp3) is 0.250. The van der Waals surface area contributed by atoms with Crippen LogP contribution in [0.15, 0.2) is 48.8 Å². The number of hydrogen-bond donors (Lipinski definition) is 2. The number of hydrogen-bond acceptors (Lipinski definition) is 2. The van der Waals surface area contributed by atoms with E-state index in [4.69, 9.17) is 12.2 Å². The second kappa shape index (κ2) is 7.60. The molecule has 0 aliphatic heterocycles. The van der Waals surface area contributed by atoms with Crippen LogP contribution >= 0.6 is 12.2 Å². The minimum absolute atomic E-state index is 0.581. The summed E-state index contributed by atoms with van der Waals surface area (Å²) in [5.41, 5.74) is 3.29. The molecule has 4 heteroatoms. The molecule has 0 aliphatic rings. The van der Waals surface area contributed by atoms with E-state index in [-0.39, 0.29) is 0 Å². The van der Waals surface area contributed by atoms with Crippen LogP contribution in [0.5, 0.6) is 0 Å². The van der Waals surface area contributed by atoms with Gasteiger partial charge in [-0.25, -0.2) is 0 Å². The van der Waals surface area contributed by atoms with Gasteiger partial charge in [0.1, 0.15) is 0 Å². The minimum atomic E-state index is 0.581. The first-order chi connectivity index (χ1) is 9.78. The van der Waals surface area contributed by atoms with E-state index in [0.29, 0.717) is 5.11 Å². The molecule has 2 aromatic rings. The van der Waals surface area contributed by atoms with Crippen molar-refractivity contribution in [2.24, 2.45) is 0 Å². The predicted molar refractivity (Wildman–Crippen MR) is 89.1 cm³/mol. The molecule has 0 unspecified atom stereocenters. The number of thiocarbonyl (C=S) groups is 1. The van der Waals surface area contributed by atoms with Gasteiger partial charge in [-0.05, 0) is 54.9 Å². The molecule has 1 aromatic carbocycles. The molecule has 0 aliphatic carbocycles. The number of pyridine rings is 1. The van der Waals surface area contributed by atoms with Crippen LogP contribution < -0.4 is 10.6 Å². The van der Waals surface area contributed by atoms with Crippen LogP contribution in [0.4, 0.5) is 11.4 Å². The highest BCUT2D eigenvalue weighted by Gasteiger charge is 1.99. The van der Waals surface area contributed by atoms with Gasteiger partial charge in [-0.15, -0.1) is 0 Å². The molecule has 0 amide bonds. The molecule has 0 saturated heterocycles. The monoisotopic (exact) mass is 285 g/mol. The fourth-order valence-electron chi connectivity index (χ4n) is 1.86. The van der Waals surface area contributed by atoms with Gasteiger partial charge in [-0.1, -0.05) is 25.5 Å². The van der Waals surface area contributed by atoms with Crippen molar-refractivity contribution in [3.63, 3.8) is 0 Å². The quantitative estimate of drug-likeness (QED) is 0.806. The van der Waals surface area contributed by atoms with Crippen LogP contribution in [0.25, 0.3) is 0 Å². The molecule has 3 nitrogen and oxygen atoms in total. The molecule has 104 valence electrons. The molecule has 0 spiro atoms. The first kappa shape index (κ1) is 14.5. The van der Waals surface area contributed by atoms with E-state index in [1.807, 2.05) is 12.1 Å². The minimum Gasteiger partial charge on any atom is -0.332 e. The Kier molecular flexibility index (Phi) is 5.50. The Morgan fingerprint density at radius 3 is 2.20 bits per heavy atom. The van der Waals surface area contributed by atoms with Crippen LogP contribution in [-0.2, 0) is 6.42 Å². The van der Waals surface area contributed by atoms with Crippen molar-refractivity contribution in [1.82, 2.24) is 4.98 Å².